The van der Waals surface area contributed by atoms with Gasteiger partial charge in [-0.3, -0.25) is 4.79 Å². The van der Waals surface area contributed by atoms with Crippen LogP contribution in [0.25, 0.3) is 0 Å². The molecular formula is C10H12ClNO2. The second-order valence-electron chi connectivity index (χ2n) is 3.10. The van der Waals surface area contributed by atoms with Gasteiger partial charge in [0.05, 0.1) is 5.92 Å². The van der Waals surface area contributed by atoms with Gasteiger partial charge in [-0.25, -0.2) is 0 Å². The third kappa shape index (κ3) is 2.05. The number of hydrogen-bond acceptors (Lipinski definition) is 2. The lowest BCUT2D eigenvalue weighted by atomic mass is 9.95. The second-order valence-corrected chi connectivity index (χ2v) is 3.50. The Morgan fingerprint density at radius 1 is 1.64 bits per heavy atom. The molecule has 0 amide bonds. The number of rotatable bonds is 3. The van der Waals surface area contributed by atoms with Crippen LogP contribution in [-0.2, 0) is 4.79 Å². The van der Waals surface area contributed by atoms with Gasteiger partial charge in [0.15, 0.2) is 0 Å². The molecule has 3 nitrogen and oxygen atoms in total. The maximum atomic E-state index is 10.9. The number of nitrogens with two attached hydrogens (primary N) is 1. The summed E-state index contributed by atoms with van der Waals surface area (Å²) in [4.78, 5) is 10.9. The Balaban J connectivity index is 3.22. The summed E-state index contributed by atoms with van der Waals surface area (Å²) >= 11 is 5.93. The van der Waals surface area contributed by atoms with E-state index in [-0.39, 0.29) is 6.54 Å². The lowest BCUT2D eigenvalue weighted by Crippen LogP contribution is -2.22. The van der Waals surface area contributed by atoms with E-state index in [0.717, 1.165) is 5.56 Å². The van der Waals surface area contributed by atoms with E-state index >= 15 is 0 Å². The third-order valence-corrected chi connectivity index (χ3v) is 2.48. The Kier molecular flexibility index (Phi) is 3.49. The van der Waals surface area contributed by atoms with E-state index in [0.29, 0.717) is 10.6 Å². The summed E-state index contributed by atoms with van der Waals surface area (Å²) in [5, 5.41) is 9.40. The van der Waals surface area contributed by atoms with Crippen LogP contribution in [0.3, 0.4) is 0 Å². The number of benzene rings is 1. The molecule has 14 heavy (non-hydrogen) atoms. The topological polar surface area (TPSA) is 63.3 Å². The minimum atomic E-state index is -0.941. The lowest BCUT2D eigenvalue weighted by Gasteiger charge is -2.14. The van der Waals surface area contributed by atoms with Crippen LogP contribution in [0.4, 0.5) is 0 Å². The summed E-state index contributed by atoms with van der Waals surface area (Å²) in [5.74, 6) is -1.66. The molecule has 76 valence electrons. The van der Waals surface area contributed by atoms with E-state index in [4.69, 9.17) is 22.4 Å². The Hall–Kier alpha value is -1.06. The van der Waals surface area contributed by atoms with E-state index in [1.54, 1.807) is 12.1 Å². The number of aliphatic carboxylic acids is 1. The van der Waals surface area contributed by atoms with Crippen molar-refractivity contribution in [1.82, 2.24) is 0 Å². The monoisotopic (exact) mass is 213 g/mol. The molecule has 0 saturated heterocycles. The van der Waals surface area contributed by atoms with E-state index in [1.807, 2.05) is 13.0 Å². The highest BCUT2D eigenvalue weighted by molar-refractivity contribution is 6.31. The van der Waals surface area contributed by atoms with Crippen molar-refractivity contribution in [3.8, 4) is 0 Å². The molecule has 0 spiro atoms. The maximum absolute atomic E-state index is 10.9. The van der Waals surface area contributed by atoms with Gasteiger partial charge >= 0.3 is 5.97 Å². The molecule has 1 aromatic rings. The zero-order chi connectivity index (χ0) is 10.7. The highest BCUT2D eigenvalue weighted by Crippen LogP contribution is 2.27. The zero-order valence-corrected chi connectivity index (χ0v) is 8.58. The van der Waals surface area contributed by atoms with Gasteiger partial charge < -0.3 is 10.8 Å². The largest absolute Gasteiger partial charge is 0.481 e. The maximum Gasteiger partial charge on any atom is 0.312 e. The molecule has 4 heteroatoms. The quantitative estimate of drug-likeness (QED) is 0.805. The van der Waals surface area contributed by atoms with Gasteiger partial charge in [-0.1, -0.05) is 23.7 Å². The molecule has 0 heterocycles. The fourth-order valence-corrected chi connectivity index (χ4v) is 1.78. The van der Waals surface area contributed by atoms with Crippen LogP contribution < -0.4 is 5.73 Å². The number of carboxylic acids is 1. The van der Waals surface area contributed by atoms with Crippen LogP contribution in [0.2, 0.25) is 5.02 Å². The van der Waals surface area contributed by atoms with Crippen LogP contribution in [0.5, 0.6) is 0 Å². The van der Waals surface area contributed by atoms with Crippen LogP contribution >= 0.6 is 11.6 Å². The summed E-state index contributed by atoms with van der Waals surface area (Å²) in [5.41, 5.74) is 6.88. The first-order valence-corrected chi connectivity index (χ1v) is 4.63. The van der Waals surface area contributed by atoms with Crippen molar-refractivity contribution < 1.29 is 9.90 Å². The van der Waals surface area contributed by atoms with Crippen molar-refractivity contribution in [2.45, 2.75) is 12.8 Å². The Morgan fingerprint density at radius 2 is 2.29 bits per heavy atom. The smallest absolute Gasteiger partial charge is 0.312 e. The first-order chi connectivity index (χ1) is 6.57. The summed E-state index contributed by atoms with van der Waals surface area (Å²) in [7, 11) is 0. The SMILES string of the molecule is Cc1cccc(Cl)c1C(CN)C(=O)O. The molecule has 0 aromatic heterocycles. The van der Waals surface area contributed by atoms with E-state index in [1.165, 1.54) is 0 Å². The highest BCUT2D eigenvalue weighted by Gasteiger charge is 2.22. The van der Waals surface area contributed by atoms with E-state index in [9.17, 15) is 4.79 Å². The Labute approximate surface area is 87.5 Å². The molecule has 1 unspecified atom stereocenters. The van der Waals surface area contributed by atoms with Crippen LogP contribution in [-0.4, -0.2) is 17.6 Å². The van der Waals surface area contributed by atoms with Gasteiger partial charge in [0.2, 0.25) is 0 Å². The molecule has 0 aliphatic rings. The van der Waals surface area contributed by atoms with Crippen LogP contribution in [0, 0.1) is 6.92 Å². The van der Waals surface area contributed by atoms with Crippen molar-refractivity contribution in [2.75, 3.05) is 6.54 Å². The van der Waals surface area contributed by atoms with Crippen molar-refractivity contribution in [3.05, 3.63) is 34.3 Å². The predicted octanol–water partition coefficient (Wildman–Crippen LogP) is 1.78. The van der Waals surface area contributed by atoms with Gasteiger partial charge in [0.1, 0.15) is 0 Å². The minimum absolute atomic E-state index is 0.0555. The van der Waals surface area contributed by atoms with Crippen LogP contribution in [0.1, 0.15) is 17.0 Å². The molecule has 1 rings (SSSR count). The van der Waals surface area contributed by atoms with Crippen molar-refractivity contribution in [2.24, 2.45) is 5.73 Å². The average Bonchev–Trinajstić information content (AvgIpc) is 2.10. The van der Waals surface area contributed by atoms with Gasteiger partial charge in [-0.05, 0) is 24.1 Å². The molecular weight excluding hydrogens is 202 g/mol. The molecule has 0 radical (unpaired) electrons. The molecule has 0 aliphatic heterocycles. The Bertz CT molecular complexity index is 332. The number of carbonyl (C=O) groups is 1. The summed E-state index contributed by atoms with van der Waals surface area (Å²) in [6.45, 7) is 1.88. The van der Waals surface area contributed by atoms with Crippen molar-refractivity contribution in [3.63, 3.8) is 0 Å². The van der Waals surface area contributed by atoms with Gasteiger partial charge in [-0.2, -0.15) is 0 Å². The average molecular weight is 214 g/mol. The first-order valence-electron chi connectivity index (χ1n) is 4.25. The lowest BCUT2D eigenvalue weighted by molar-refractivity contribution is -0.138. The zero-order valence-electron chi connectivity index (χ0n) is 7.83. The minimum Gasteiger partial charge on any atom is -0.481 e. The molecule has 3 N–H and O–H groups in total. The summed E-state index contributed by atoms with van der Waals surface area (Å²) < 4.78 is 0. The molecule has 0 saturated carbocycles. The van der Waals surface area contributed by atoms with E-state index < -0.39 is 11.9 Å². The highest BCUT2D eigenvalue weighted by atomic mass is 35.5. The molecule has 0 aliphatic carbocycles. The van der Waals surface area contributed by atoms with Crippen molar-refractivity contribution in [1.29, 1.82) is 0 Å². The van der Waals surface area contributed by atoms with Crippen LogP contribution in [0.15, 0.2) is 18.2 Å². The predicted molar refractivity (Wildman–Crippen MR) is 55.6 cm³/mol. The Morgan fingerprint density at radius 3 is 2.71 bits per heavy atom. The van der Waals surface area contributed by atoms with Crippen molar-refractivity contribution >= 4 is 17.6 Å². The number of halogens is 1. The molecule has 0 bridgehead atoms. The van der Waals surface area contributed by atoms with Gasteiger partial charge in [-0.15, -0.1) is 0 Å². The first kappa shape index (κ1) is 11.0. The summed E-state index contributed by atoms with van der Waals surface area (Å²) in [6.07, 6.45) is 0. The molecule has 0 fully saturated rings. The van der Waals surface area contributed by atoms with Gasteiger partial charge in [0, 0.05) is 11.6 Å². The van der Waals surface area contributed by atoms with E-state index in [2.05, 4.69) is 0 Å². The number of aryl methyl sites for hydroxylation is 1. The second kappa shape index (κ2) is 4.44. The summed E-state index contributed by atoms with van der Waals surface area (Å²) in [6, 6.07) is 5.29. The third-order valence-electron chi connectivity index (χ3n) is 2.15. The molecule has 1 atom stereocenters. The fraction of sp³-hybridized carbons (Fsp3) is 0.300. The number of hydrogen-bond donors (Lipinski definition) is 2. The standard InChI is InChI=1S/C10H12ClNO2/c1-6-3-2-4-8(11)9(6)7(5-12)10(13)14/h2-4,7H,5,12H2,1H3,(H,13,14). The molecule has 1 aromatic carbocycles. The number of carboxylic acid groups (broad SMARTS) is 1. The normalized spacial score (nSPS) is 12.5. The van der Waals surface area contributed by atoms with Gasteiger partial charge in [0.25, 0.3) is 0 Å². The fourth-order valence-electron chi connectivity index (χ4n) is 1.43.